The monoisotopic (exact) mass is 641 g/mol. The van der Waals surface area contributed by atoms with Crippen molar-refractivity contribution in [2.75, 3.05) is 24.7 Å². The van der Waals surface area contributed by atoms with Crippen molar-refractivity contribution in [2.24, 2.45) is 0 Å². The first-order chi connectivity index (χ1) is 19.8. The molecule has 14 heteroatoms. The van der Waals surface area contributed by atoms with Gasteiger partial charge in [-0.05, 0) is 75.3 Å². The minimum atomic E-state index is -5.98. The smallest absolute Gasteiger partial charge is 0.380 e. The van der Waals surface area contributed by atoms with Crippen molar-refractivity contribution in [1.82, 2.24) is 9.62 Å². The summed E-state index contributed by atoms with van der Waals surface area (Å²) in [6.07, 6.45) is 2.38. The standard InChI is InChI=1S/C28H30F3N3O5S3/c1-34-16-8-11-22(34)17-21(19-40-23-12-6-3-7-13-23)32-25-15-14-24(18-26(25)41(36,37)28(29,30)31)42(38,39)33-27(35)20-9-4-2-5-10-20/h2-7,9-10,12-15,18,21-22,32H,8,11,16-17,19H2,1H3,(H,33,35)/t21-,22+/m1/s1. The highest BCUT2D eigenvalue weighted by Crippen LogP contribution is 2.37. The molecular formula is C28H30F3N3O5S3. The lowest BCUT2D eigenvalue weighted by Crippen LogP contribution is -2.35. The van der Waals surface area contributed by atoms with Crippen LogP contribution in [-0.2, 0) is 19.9 Å². The van der Waals surface area contributed by atoms with Gasteiger partial charge < -0.3 is 10.2 Å². The molecule has 1 aliphatic heterocycles. The molecule has 4 rings (SSSR count). The number of sulfonamides is 1. The highest BCUT2D eigenvalue weighted by molar-refractivity contribution is 7.99. The van der Waals surface area contributed by atoms with Crippen LogP contribution in [0.3, 0.4) is 0 Å². The fraction of sp³-hybridized carbons (Fsp3) is 0.321. The lowest BCUT2D eigenvalue weighted by Gasteiger charge is -2.28. The van der Waals surface area contributed by atoms with E-state index in [1.54, 1.807) is 10.8 Å². The maximum atomic E-state index is 13.8. The second-order valence-corrected chi connectivity index (χ2v) is 14.6. The van der Waals surface area contributed by atoms with E-state index in [4.69, 9.17) is 0 Å². The Balaban J connectivity index is 1.68. The van der Waals surface area contributed by atoms with E-state index in [-0.39, 0.29) is 17.3 Å². The first-order valence-corrected chi connectivity index (χ1v) is 17.0. The van der Waals surface area contributed by atoms with Crippen LogP contribution in [0.15, 0.2) is 93.5 Å². The molecule has 0 spiro atoms. The van der Waals surface area contributed by atoms with Crippen molar-refractivity contribution < 1.29 is 34.8 Å². The van der Waals surface area contributed by atoms with E-state index in [1.807, 2.05) is 37.4 Å². The van der Waals surface area contributed by atoms with Crippen molar-refractivity contribution in [3.05, 3.63) is 84.4 Å². The molecule has 0 aliphatic carbocycles. The number of anilines is 1. The molecule has 42 heavy (non-hydrogen) atoms. The van der Waals surface area contributed by atoms with Crippen LogP contribution in [0.4, 0.5) is 18.9 Å². The second kappa shape index (κ2) is 13.1. The van der Waals surface area contributed by atoms with Gasteiger partial charge in [-0.2, -0.15) is 13.2 Å². The molecule has 0 aromatic heterocycles. The Morgan fingerprint density at radius 1 is 1.00 bits per heavy atom. The lowest BCUT2D eigenvalue weighted by molar-refractivity contribution is -0.0435. The third-order valence-electron chi connectivity index (χ3n) is 6.90. The minimum absolute atomic E-state index is 0.00173. The normalized spacial score (nSPS) is 17.1. The number of thioether (sulfide) groups is 1. The number of nitrogens with one attached hydrogen (secondary N) is 2. The number of likely N-dealkylation sites (tertiary alicyclic amines) is 1. The highest BCUT2D eigenvalue weighted by Gasteiger charge is 2.48. The van der Waals surface area contributed by atoms with Crippen molar-refractivity contribution in [1.29, 1.82) is 0 Å². The highest BCUT2D eigenvalue weighted by atomic mass is 32.2. The Labute approximate surface area is 247 Å². The van der Waals surface area contributed by atoms with Gasteiger partial charge in [-0.15, -0.1) is 11.8 Å². The Morgan fingerprint density at radius 2 is 1.64 bits per heavy atom. The summed E-state index contributed by atoms with van der Waals surface area (Å²) in [5.74, 6) is -0.607. The van der Waals surface area contributed by atoms with Gasteiger partial charge in [0, 0.05) is 28.3 Å². The van der Waals surface area contributed by atoms with Gasteiger partial charge in [0.15, 0.2) is 0 Å². The third-order valence-corrected chi connectivity index (χ3v) is 10.9. The zero-order valence-electron chi connectivity index (χ0n) is 22.5. The number of rotatable bonds is 11. The lowest BCUT2D eigenvalue weighted by atomic mass is 10.1. The van der Waals surface area contributed by atoms with Crippen LogP contribution in [0.5, 0.6) is 0 Å². The summed E-state index contributed by atoms with van der Waals surface area (Å²) in [4.78, 5) is 13.5. The van der Waals surface area contributed by atoms with E-state index >= 15 is 0 Å². The van der Waals surface area contributed by atoms with Gasteiger partial charge in [0.1, 0.15) is 4.90 Å². The van der Waals surface area contributed by atoms with Crippen LogP contribution in [0, 0.1) is 0 Å². The summed E-state index contributed by atoms with van der Waals surface area (Å²) in [6, 6.07) is 18.8. The van der Waals surface area contributed by atoms with Crippen LogP contribution < -0.4 is 10.0 Å². The Kier molecular flexibility index (Phi) is 9.91. The number of hydrogen-bond donors (Lipinski definition) is 2. The van der Waals surface area contributed by atoms with Crippen molar-refractivity contribution >= 4 is 43.2 Å². The van der Waals surface area contributed by atoms with E-state index in [9.17, 15) is 34.8 Å². The zero-order chi connectivity index (χ0) is 30.5. The summed E-state index contributed by atoms with van der Waals surface area (Å²) in [7, 11) is -8.74. The van der Waals surface area contributed by atoms with Gasteiger partial charge in [0.25, 0.3) is 25.8 Å². The van der Waals surface area contributed by atoms with Crippen molar-refractivity contribution in [3.8, 4) is 0 Å². The van der Waals surface area contributed by atoms with Gasteiger partial charge in [-0.3, -0.25) is 4.79 Å². The van der Waals surface area contributed by atoms with Gasteiger partial charge in [0.05, 0.1) is 10.6 Å². The first-order valence-electron chi connectivity index (χ1n) is 13.0. The Bertz CT molecular complexity index is 1600. The molecule has 2 atom stereocenters. The molecule has 1 saturated heterocycles. The molecule has 8 nitrogen and oxygen atoms in total. The zero-order valence-corrected chi connectivity index (χ0v) is 25.0. The molecule has 3 aromatic rings. The molecule has 2 N–H and O–H groups in total. The SMILES string of the molecule is CN1CCC[C@H]1C[C@H](CSc1ccccc1)Nc1ccc(S(=O)(=O)NC(=O)c2ccccc2)cc1S(=O)(=O)C(F)(F)F. The number of nitrogens with zero attached hydrogens (tertiary/aromatic N) is 1. The molecule has 0 unspecified atom stereocenters. The minimum Gasteiger partial charge on any atom is -0.380 e. The largest absolute Gasteiger partial charge is 0.501 e. The van der Waals surface area contributed by atoms with Crippen LogP contribution in [0.2, 0.25) is 0 Å². The summed E-state index contributed by atoms with van der Waals surface area (Å²) in [5.41, 5.74) is -6.07. The average molecular weight is 642 g/mol. The number of amides is 1. The molecule has 1 heterocycles. The van der Waals surface area contributed by atoms with E-state index in [0.29, 0.717) is 18.2 Å². The second-order valence-electron chi connectivity index (χ2n) is 9.89. The number of benzene rings is 3. The summed E-state index contributed by atoms with van der Waals surface area (Å²) in [5, 5.41) is 2.98. The van der Waals surface area contributed by atoms with Crippen LogP contribution in [0.1, 0.15) is 29.6 Å². The summed E-state index contributed by atoms with van der Waals surface area (Å²) in [6.45, 7) is 0.873. The van der Waals surface area contributed by atoms with Crippen molar-refractivity contribution in [2.45, 2.75) is 51.5 Å². The molecule has 0 radical (unpaired) electrons. The van der Waals surface area contributed by atoms with Crippen LogP contribution in [-0.4, -0.2) is 64.6 Å². The van der Waals surface area contributed by atoms with E-state index < -0.39 is 47.1 Å². The predicted octanol–water partition coefficient (Wildman–Crippen LogP) is 5.16. The van der Waals surface area contributed by atoms with E-state index in [2.05, 4.69) is 10.2 Å². The maximum absolute atomic E-state index is 13.8. The molecular weight excluding hydrogens is 612 g/mol. The fourth-order valence-corrected chi connectivity index (χ4v) is 7.66. The number of hydrogen-bond acceptors (Lipinski definition) is 8. The quantitative estimate of drug-likeness (QED) is 0.277. The van der Waals surface area contributed by atoms with Crippen LogP contribution >= 0.6 is 11.8 Å². The third kappa shape index (κ3) is 7.65. The summed E-state index contributed by atoms with van der Waals surface area (Å²) >= 11 is 1.47. The number of carbonyl (C=O) groups excluding carboxylic acids is 1. The topological polar surface area (TPSA) is 113 Å². The maximum Gasteiger partial charge on any atom is 0.501 e. The number of halogens is 3. The molecule has 1 aliphatic rings. The molecule has 1 fully saturated rings. The first kappa shape index (κ1) is 31.9. The molecule has 1 amide bonds. The van der Waals surface area contributed by atoms with Crippen molar-refractivity contribution in [3.63, 3.8) is 0 Å². The number of alkyl halides is 3. The Morgan fingerprint density at radius 3 is 2.24 bits per heavy atom. The van der Waals surface area contributed by atoms with Gasteiger partial charge >= 0.3 is 5.51 Å². The molecule has 0 bridgehead atoms. The average Bonchev–Trinajstić information content (AvgIpc) is 3.35. The van der Waals surface area contributed by atoms with E-state index in [0.717, 1.165) is 36.4 Å². The molecule has 226 valence electrons. The fourth-order valence-electron chi connectivity index (χ4n) is 4.67. The predicted molar refractivity (Wildman–Crippen MR) is 156 cm³/mol. The molecule has 0 saturated carbocycles. The summed E-state index contributed by atoms with van der Waals surface area (Å²) < 4.78 is 94.5. The molecule has 3 aromatic carbocycles. The van der Waals surface area contributed by atoms with Gasteiger partial charge in [0.2, 0.25) is 0 Å². The van der Waals surface area contributed by atoms with Gasteiger partial charge in [-0.1, -0.05) is 36.4 Å². The van der Waals surface area contributed by atoms with Gasteiger partial charge in [-0.25, -0.2) is 21.6 Å². The Hall–Kier alpha value is -3.07. The van der Waals surface area contributed by atoms with Crippen LogP contribution in [0.25, 0.3) is 0 Å². The number of sulfone groups is 1. The number of carbonyl (C=O) groups is 1. The van der Waals surface area contributed by atoms with E-state index in [1.165, 1.54) is 36.0 Å².